The van der Waals surface area contributed by atoms with E-state index in [2.05, 4.69) is 20.4 Å². The van der Waals surface area contributed by atoms with E-state index < -0.39 is 5.91 Å². The van der Waals surface area contributed by atoms with Crippen molar-refractivity contribution in [2.45, 2.75) is 44.9 Å². The van der Waals surface area contributed by atoms with Gasteiger partial charge in [-0.1, -0.05) is 23.7 Å². The number of para-hydroxylation sites is 1. The molecule has 0 spiro atoms. The van der Waals surface area contributed by atoms with Crippen LogP contribution in [0.15, 0.2) is 48.5 Å². The summed E-state index contributed by atoms with van der Waals surface area (Å²) in [4.78, 5) is 43.8. The van der Waals surface area contributed by atoms with E-state index in [9.17, 15) is 9.59 Å². The Kier molecular flexibility index (Phi) is 15.1. The molecule has 2 aromatic carbocycles. The van der Waals surface area contributed by atoms with E-state index >= 15 is 0 Å². The summed E-state index contributed by atoms with van der Waals surface area (Å²) >= 11 is 6.09. The molecule has 12 nitrogen and oxygen atoms in total. The zero-order valence-corrected chi connectivity index (χ0v) is 25.2. The van der Waals surface area contributed by atoms with Gasteiger partial charge < -0.3 is 38.2 Å². The normalized spacial score (nSPS) is 14.2. The van der Waals surface area contributed by atoms with Crippen LogP contribution < -0.4 is 32.7 Å². The van der Waals surface area contributed by atoms with Gasteiger partial charge in [-0.2, -0.15) is 15.0 Å². The molecule has 1 aromatic heterocycles. The molecule has 0 atom stereocenters. The van der Waals surface area contributed by atoms with Gasteiger partial charge in [-0.3, -0.25) is 9.59 Å². The van der Waals surface area contributed by atoms with Crippen molar-refractivity contribution in [3.05, 3.63) is 59.1 Å². The number of carbonyl (C=O) groups excluding carboxylic acids is 2. The fraction of sp³-hybridized carbons (Fsp3) is 0.393. The number of halogens is 2. The molecule has 0 saturated carbocycles. The maximum Gasteiger partial charge on any atom is 0.233 e. The SMILES string of the molecule is Cl.N.N.O.O=C(CC(=O)c1ccc(Nc2nc(N3CCCCC3)nc(N3CCCCC3)n2)cc1)Nc1ccccc1Cl.[HH].[HH].[HH]. The van der Waals surface area contributed by atoms with Gasteiger partial charge in [-0.25, -0.2) is 0 Å². The smallest absolute Gasteiger partial charge is 0.233 e. The van der Waals surface area contributed by atoms with Crippen LogP contribution in [0.5, 0.6) is 0 Å². The molecule has 3 aromatic rings. The van der Waals surface area contributed by atoms with Crippen LogP contribution in [0.1, 0.15) is 59.6 Å². The van der Waals surface area contributed by atoms with Crippen molar-refractivity contribution < 1.29 is 19.3 Å². The molecule has 1 amide bonds. The van der Waals surface area contributed by atoms with Crippen molar-refractivity contribution in [3.63, 3.8) is 0 Å². The molecule has 42 heavy (non-hydrogen) atoms. The monoisotopic (exact) mass is 627 g/mol. The van der Waals surface area contributed by atoms with E-state index in [-0.39, 0.29) is 46.7 Å². The summed E-state index contributed by atoms with van der Waals surface area (Å²) in [5.41, 5.74) is 1.68. The zero-order valence-electron chi connectivity index (χ0n) is 23.6. The topological polar surface area (TPSA) is 205 Å². The molecule has 2 saturated heterocycles. The molecule has 2 aliphatic heterocycles. The van der Waals surface area contributed by atoms with Crippen LogP contribution >= 0.6 is 24.0 Å². The highest BCUT2D eigenvalue weighted by molar-refractivity contribution is 6.33. The van der Waals surface area contributed by atoms with E-state index in [1.165, 1.54) is 12.8 Å². The number of hydrogen-bond acceptors (Lipinski definition) is 10. The summed E-state index contributed by atoms with van der Waals surface area (Å²) in [5, 5.41) is 6.40. The van der Waals surface area contributed by atoms with Crippen LogP contribution in [0.3, 0.4) is 0 Å². The first-order chi connectivity index (χ1) is 18.5. The average molecular weight is 629 g/mol. The summed E-state index contributed by atoms with van der Waals surface area (Å²) in [6, 6.07) is 13.9. The maximum absolute atomic E-state index is 12.7. The highest BCUT2D eigenvalue weighted by atomic mass is 35.5. The first kappa shape index (κ1) is 36.5. The number of rotatable bonds is 8. The number of piperidine rings is 2. The third-order valence-corrected chi connectivity index (χ3v) is 7.15. The summed E-state index contributed by atoms with van der Waals surface area (Å²) in [7, 11) is 0. The van der Waals surface area contributed by atoms with Crippen molar-refractivity contribution in [2.24, 2.45) is 0 Å². The summed E-state index contributed by atoms with van der Waals surface area (Å²) in [6.45, 7) is 3.79. The predicted octanol–water partition coefficient (Wildman–Crippen LogP) is 6.12. The van der Waals surface area contributed by atoms with E-state index in [1.54, 1.807) is 48.5 Å². The maximum atomic E-state index is 12.7. The lowest BCUT2D eigenvalue weighted by Crippen LogP contribution is -2.34. The molecule has 3 heterocycles. The van der Waals surface area contributed by atoms with Crippen molar-refractivity contribution in [1.82, 2.24) is 27.3 Å². The second kappa shape index (κ2) is 17.4. The third-order valence-electron chi connectivity index (χ3n) is 6.82. The number of Topliss-reactive ketones (excluding diaryl/α,β-unsaturated/α-hetero) is 1. The van der Waals surface area contributed by atoms with E-state index in [1.807, 2.05) is 0 Å². The zero-order chi connectivity index (χ0) is 26.3. The Morgan fingerprint density at radius 1 is 0.786 bits per heavy atom. The molecule has 2 fully saturated rings. The van der Waals surface area contributed by atoms with Gasteiger partial charge in [-0.15, -0.1) is 12.4 Å². The van der Waals surface area contributed by atoms with Crippen LogP contribution in [-0.2, 0) is 4.79 Å². The van der Waals surface area contributed by atoms with Gasteiger partial charge in [0.25, 0.3) is 0 Å². The van der Waals surface area contributed by atoms with Gasteiger partial charge in [0.15, 0.2) is 5.78 Å². The van der Waals surface area contributed by atoms with Gasteiger partial charge in [0.2, 0.25) is 23.8 Å². The number of carbonyl (C=O) groups is 2. The molecule has 0 aliphatic carbocycles. The Balaban J connectivity index is -0.00000252. The highest BCUT2D eigenvalue weighted by Crippen LogP contribution is 2.25. The lowest BCUT2D eigenvalue weighted by atomic mass is 10.1. The van der Waals surface area contributed by atoms with Crippen molar-refractivity contribution in [3.8, 4) is 0 Å². The molecule has 0 bridgehead atoms. The number of nitrogens with zero attached hydrogens (tertiary/aromatic N) is 5. The first-order valence-electron chi connectivity index (χ1n) is 13.3. The Hall–Kier alpha value is -3.55. The largest absolute Gasteiger partial charge is 0.412 e. The molecule has 14 heteroatoms. The lowest BCUT2D eigenvalue weighted by molar-refractivity contribution is -0.115. The van der Waals surface area contributed by atoms with Crippen LogP contribution in [0.4, 0.5) is 29.2 Å². The van der Waals surface area contributed by atoms with Gasteiger partial charge in [0, 0.05) is 41.7 Å². The number of nitrogens with one attached hydrogen (secondary N) is 2. The van der Waals surface area contributed by atoms with Gasteiger partial charge >= 0.3 is 0 Å². The average Bonchev–Trinajstić information content (AvgIpc) is 2.95. The Morgan fingerprint density at radius 3 is 1.83 bits per heavy atom. The van der Waals surface area contributed by atoms with Crippen LogP contribution in [0.2, 0.25) is 5.02 Å². The lowest BCUT2D eigenvalue weighted by Gasteiger charge is -2.30. The molecule has 5 rings (SSSR count). The molecule has 0 radical (unpaired) electrons. The van der Waals surface area contributed by atoms with E-state index in [0.717, 1.165) is 57.5 Å². The number of benzene rings is 2. The number of amides is 1. The predicted molar refractivity (Wildman–Crippen MR) is 178 cm³/mol. The van der Waals surface area contributed by atoms with Crippen LogP contribution in [-0.4, -0.2) is 58.3 Å². The molecular weight excluding hydrogens is 581 g/mol. The van der Waals surface area contributed by atoms with E-state index in [4.69, 9.17) is 26.6 Å². The summed E-state index contributed by atoms with van der Waals surface area (Å²) < 4.78 is 0. The highest BCUT2D eigenvalue weighted by Gasteiger charge is 2.20. The van der Waals surface area contributed by atoms with E-state index in [0.29, 0.717) is 34.1 Å². The number of aromatic nitrogens is 3. The minimum absolute atomic E-state index is 0. The quantitative estimate of drug-likeness (QED) is 0.166. The summed E-state index contributed by atoms with van der Waals surface area (Å²) in [5.74, 6) is 1.21. The Labute approximate surface area is 262 Å². The second-order valence-electron chi connectivity index (χ2n) is 9.68. The van der Waals surface area contributed by atoms with Crippen molar-refractivity contribution in [2.75, 3.05) is 46.6 Å². The molecule has 236 valence electrons. The fourth-order valence-corrected chi connectivity index (χ4v) is 4.94. The van der Waals surface area contributed by atoms with Crippen LogP contribution in [0.25, 0.3) is 0 Å². The third kappa shape index (κ3) is 9.50. The molecule has 10 N–H and O–H groups in total. The Morgan fingerprint density at radius 2 is 1.31 bits per heavy atom. The second-order valence-corrected chi connectivity index (χ2v) is 10.1. The first-order valence-corrected chi connectivity index (χ1v) is 13.6. The number of ketones is 1. The van der Waals surface area contributed by atoms with Gasteiger partial charge in [-0.05, 0) is 74.9 Å². The van der Waals surface area contributed by atoms with Crippen molar-refractivity contribution in [1.29, 1.82) is 0 Å². The molecular formula is C28H47Cl2N9O3. The summed E-state index contributed by atoms with van der Waals surface area (Å²) in [6.07, 6.45) is 6.75. The standard InChI is InChI=1S/C28H32ClN7O2.ClH.2H3N.H2O.3H2/c29-22-9-3-4-10-23(22)31-25(38)19-24(37)20-11-13-21(14-12-20)30-26-32-27(35-15-5-1-6-16-35)34-28(33-26)36-17-7-2-8-18-36;;;;;;;/h3-4,9-14H,1-2,5-8,15-19H2,(H,31,38)(H,30,32,33,34);1H;2*1H3;1H2;3*1H. The molecule has 0 unspecified atom stereocenters. The minimum atomic E-state index is -0.411. The molecule has 2 aliphatic rings. The minimum Gasteiger partial charge on any atom is -0.412 e. The van der Waals surface area contributed by atoms with Gasteiger partial charge in [0.1, 0.15) is 0 Å². The van der Waals surface area contributed by atoms with Crippen molar-refractivity contribution >= 4 is 64.9 Å². The Bertz CT molecular complexity index is 1270. The number of anilines is 5. The van der Waals surface area contributed by atoms with Gasteiger partial charge in [0.05, 0.1) is 17.1 Å². The van der Waals surface area contributed by atoms with Crippen LogP contribution in [0, 0.1) is 0 Å². The number of hydrogen-bond donors (Lipinski definition) is 4. The fourth-order valence-electron chi connectivity index (χ4n) is 4.75.